The molecule has 0 bridgehead atoms. The number of hydrogen-bond acceptors (Lipinski definition) is 4. The van der Waals surface area contributed by atoms with Crippen LogP contribution in [0.5, 0.6) is 5.75 Å². The fourth-order valence-electron chi connectivity index (χ4n) is 3.30. The first-order valence-electron chi connectivity index (χ1n) is 10.4. The van der Waals surface area contributed by atoms with Gasteiger partial charge in [0.15, 0.2) is 0 Å². The van der Waals surface area contributed by atoms with Crippen molar-refractivity contribution in [1.29, 1.82) is 0 Å². The number of ether oxygens (including phenoxy) is 1. The van der Waals surface area contributed by atoms with E-state index in [-0.39, 0.29) is 11.4 Å². The second-order valence-electron chi connectivity index (χ2n) is 7.59. The second-order valence-corrected chi connectivity index (χ2v) is 9.45. The summed E-state index contributed by atoms with van der Waals surface area (Å²) in [7, 11) is -3.98. The van der Waals surface area contributed by atoms with E-state index < -0.39 is 15.9 Å². The molecule has 0 saturated heterocycles. The lowest BCUT2D eigenvalue weighted by Gasteiger charge is -2.26. The lowest BCUT2D eigenvalue weighted by atomic mass is 10.1. The Bertz CT molecular complexity index is 1200. The number of benzene rings is 3. The molecule has 0 aromatic heterocycles. The molecule has 0 radical (unpaired) electrons. The largest absolute Gasteiger partial charge is 0.492 e. The first-order chi connectivity index (χ1) is 15.2. The summed E-state index contributed by atoms with van der Waals surface area (Å²) in [6.45, 7) is 7.54. The molecule has 0 atom stereocenters. The Morgan fingerprint density at radius 2 is 1.59 bits per heavy atom. The number of nitrogens with zero attached hydrogens (tertiary/aromatic N) is 1. The van der Waals surface area contributed by atoms with Crippen LogP contribution < -0.4 is 14.4 Å². The topological polar surface area (TPSA) is 75.7 Å². The molecular formula is C25H28N2O4S. The van der Waals surface area contributed by atoms with E-state index in [4.69, 9.17) is 4.74 Å². The van der Waals surface area contributed by atoms with Crippen molar-refractivity contribution in [2.24, 2.45) is 0 Å². The molecule has 168 valence electrons. The van der Waals surface area contributed by atoms with Crippen LogP contribution in [-0.2, 0) is 14.8 Å². The molecule has 0 saturated carbocycles. The van der Waals surface area contributed by atoms with Gasteiger partial charge in [-0.15, -0.1) is 0 Å². The maximum Gasteiger partial charge on any atom is 0.264 e. The van der Waals surface area contributed by atoms with Crippen molar-refractivity contribution in [2.45, 2.75) is 32.6 Å². The highest BCUT2D eigenvalue weighted by atomic mass is 32.2. The van der Waals surface area contributed by atoms with Gasteiger partial charge in [0.1, 0.15) is 12.3 Å². The van der Waals surface area contributed by atoms with Gasteiger partial charge in [0, 0.05) is 0 Å². The van der Waals surface area contributed by atoms with Gasteiger partial charge in [-0.3, -0.25) is 9.10 Å². The number of carbonyl (C=O) groups excluding carboxylic acids is 1. The molecule has 0 heterocycles. The van der Waals surface area contributed by atoms with E-state index in [0.717, 1.165) is 16.7 Å². The number of rotatable bonds is 8. The van der Waals surface area contributed by atoms with E-state index in [1.165, 1.54) is 4.31 Å². The van der Waals surface area contributed by atoms with Crippen LogP contribution in [0, 0.1) is 20.8 Å². The number of sulfonamides is 1. The third-order valence-electron chi connectivity index (χ3n) is 4.99. The Morgan fingerprint density at radius 1 is 0.938 bits per heavy atom. The van der Waals surface area contributed by atoms with E-state index >= 15 is 0 Å². The third kappa shape index (κ3) is 5.29. The predicted octanol–water partition coefficient (Wildman–Crippen LogP) is 4.84. The van der Waals surface area contributed by atoms with E-state index in [1.807, 2.05) is 45.9 Å². The fourth-order valence-corrected chi connectivity index (χ4v) is 4.77. The lowest BCUT2D eigenvalue weighted by molar-refractivity contribution is -0.114. The summed E-state index contributed by atoms with van der Waals surface area (Å²) < 4.78 is 33.9. The zero-order valence-corrected chi connectivity index (χ0v) is 19.6. The van der Waals surface area contributed by atoms with Crippen molar-refractivity contribution in [1.82, 2.24) is 0 Å². The molecule has 0 aliphatic carbocycles. The van der Waals surface area contributed by atoms with Crippen LogP contribution in [0.1, 0.15) is 23.6 Å². The second kappa shape index (κ2) is 9.87. The predicted molar refractivity (Wildman–Crippen MR) is 128 cm³/mol. The highest BCUT2D eigenvalue weighted by Gasteiger charge is 2.28. The van der Waals surface area contributed by atoms with Crippen LogP contribution in [-0.4, -0.2) is 27.5 Å². The molecule has 1 amide bonds. The van der Waals surface area contributed by atoms with Crippen molar-refractivity contribution in [3.05, 3.63) is 83.4 Å². The van der Waals surface area contributed by atoms with Gasteiger partial charge in [0.05, 0.1) is 22.9 Å². The maximum atomic E-state index is 13.6. The van der Waals surface area contributed by atoms with Gasteiger partial charge < -0.3 is 10.1 Å². The summed E-state index contributed by atoms with van der Waals surface area (Å²) >= 11 is 0. The quantitative estimate of drug-likeness (QED) is 0.530. The molecule has 1 N–H and O–H groups in total. The van der Waals surface area contributed by atoms with Crippen LogP contribution >= 0.6 is 0 Å². The minimum absolute atomic E-state index is 0.131. The molecule has 3 aromatic rings. The molecule has 3 rings (SSSR count). The molecule has 0 fully saturated rings. The summed E-state index contributed by atoms with van der Waals surface area (Å²) in [4.78, 5) is 13.1. The molecule has 7 heteroatoms. The van der Waals surface area contributed by atoms with Crippen molar-refractivity contribution in [3.63, 3.8) is 0 Å². The zero-order chi connectivity index (χ0) is 23.3. The molecular weight excluding hydrogens is 424 g/mol. The van der Waals surface area contributed by atoms with Gasteiger partial charge in [-0.1, -0.05) is 42.0 Å². The molecule has 6 nitrogen and oxygen atoms in total. The smallest absolute Gasteiger partial charge is 0.264 e. The van der Waals surface area contributed by atoms with Crippen molar-refractivity contribution in [2.75, 3.05) is 22.8 Å². The van der Waals surface area contributed by atoms with Gasteiger partial charge in [-0.2, -0.15) is 0 Å². The van der Waals surface area contributed by atoms with Crippen molar-refractivity contribution < 1.29 is 17.9 Å². The first kappa shape index (κ1) is 23.3. The molecule has 32 heavy (non-hydrogen) atoms. The lowest BCUT2D eigenvalue weighted by Crippen LogP contribution is -2.38. The van der Waals surface area contributed by atoms with Gasteiger partial charge in [0.25, 0.3) is 10.0 Å². The summed E-state index contributed by atoms with van der Waals surface area (Å²) in [6.07, 6.45) is 0. The summed E-state index contributed by atoms with van der Waals surface area (Å²) in [5.74, 6) is 0.0665. The molecule has 3 aromatic carbocycles. The average molecular weight is 453 g/mol. The Hall–Kier alpha value is -3.32. The Morgan fingerprint density at radius 3 is 2.28 bits per heavy atom. The van der Waals surface area contributed by atoms with Crippen LogP contribution in [0.3, 0.4) is 0 Å². The number of carbonyl (C=O) groups is 1. The fraction of sp³-hybridized carbons (Fsp3) is 0.240. The Kier molecular flexibility index (Phi) is 7.20. The Labute approximate surface area is 189 Å². The standard InChI is InChI=1S/C25H28N2O4S/c1-5-31-24-9-7-6-8-22(24)26-25(28)17-27(23-16-19(3)10-13-20(23)4)32(29,30)21-14-11-18(2)12-15-21/h6-16H,5,17H2,1-4H3,(H,26,28). The summed E-state index contributed by atoms with van der Waals surface area (Å²) in [5.41, 5.74) is 3.57. The first-order valence-corrected chi connectivity index (χ1v) is 11.8. The van der Waals surface area contributed by atoms with Gasteiger partial charge >= 0.3 is 0 Å². The van der Waals surface area contributed by atoms with Gasteiger partial charge in [-0.25, -0.2) is 8.42 Å². The Balaban J connectivity index is 1.99. The summed E-state index contributed by atoms with van der Waals surface area (Å²) in [6, 6.07) is 19.2. The number of nitrogens with one attached hydrogen (secondary N) is 1. The SMILES string of the molecule is CCOc1ccccc1NC(=O)CN(c1cc(C)ccc1C)S(=O)(=O)c1ccc(C)cc1. The van der Waals surface area contributed by atoms with E-state index in [2.05, 4.69) is 5.32 Å². The number of amides is 1. The van der Waals surface area contributed by atoms with Crippen molar-refractivity contribution >= 4 is 27.3 Å². The zero-order valence-electron chi connectivity index (χ0n) is 18.8. The number of anilines is 2. The van der Waals surface area contributed by atoms with Crippen LogP contribution in [0.25, 0.3) is 0 Å². The van der Waals surface area contributed by atoms with Crippen molar-refractivity contribution in [3.8, 4) is 5.75 Å². The molecule has 0 spiro atoms. The van der Waals surface area contributed by atoms with Crippen LogP contribution in [0.2, 0.25) is 0 Å². The van der Waals surface area contributed by atoms with Gasteiger partial charge in [0.2, 0.25) is 5.91 Å². The van der Waals surface area contributed by atoms with Crippen LogP contribution in [0.15, 0.2) is 71.6 Å². The number of hydrogen-bond donors (Lipinski definition) is 1. The highest BCUT2D eigenvalue weighted by Crippen LogP contribution is 2.29. The van der Waals surface area contributed by atoms with E-state index in [9.17, 15) is 13.2 Å². The number of aryl methyl sites for hydroxylation is 3. The average Bonchev–Trinajstić information content (AvgIpc) is 2.76. The summed E-state index contributed by atoms with van der Waals surface area (Å²) in [5, 5.41) is 2.79. The highest BCUT2D eigenvalue weighted by molar-refractivity contribution is 7.92. The minimum Gasteiger partial charge on any atom is -0.492 e. The third-order valence-corrected chi connectivity index (χ3v) is 6.76. The minimum atomic E-state index is -3.98. The molecule has 0 unspecified atom stereocenters. The van der Waals surface area contributed by atoms with E-state index in [0.29, 0.717) is 23.7 Å². The van der Waals surface area contributed by atoms with Gasteiger partial charge in [-0.05, 0) is 69.2 Å². The number of para-hydroxylation sites is 2. The van der Waals surface area contributed by atoms with Crippen LogP contribution in [0.4, 0.5) is 11.4 Å². The molecule has 0 aliphatic heterocycles. The molecule has 0 aliphatic rings. The van der Waals surface area contributed by atoms with E-state index in [1.54, 1.807) is 48.5 Å². The monoisotopic (exact) mass is 452 g/mol. The normalized spacial score (nSPS) is 11.1. The maximum absolute atomic E-state index is 13.6.